The van der Waals surface area contributed by atoms with E-state index in [1.54, 1.807) is 24.5 Å². The molecule has 2 heterocycles. The molecule has 4 aromatic rings. The summed E-state index contributed by atoms with van der Waals surface area (Å²) in [6.45, 7) is 0. The molecule has 2 aromatic heterocycles. The van der Waals surface area contributed by atoms with Gasteiger partial charge in [-0.05, 0) is 29.8 Å². The van der Waals surface area contributed by atoms with Gasteiger partial charge in [-0.3, -0.25) is 14.9 Å². The Labute approximate surface area is 156 Å². The number of fused-ring (bicyclic) bond motifs is 3. The average molecular weight is 352 g/mol. The van der Waals surface area contributed by atoms with E-state index in [1.807, 2.05) is 30.3 Å². The first-order chi connectivity index (χ1) is 13.3. The number of rotatable bonds is 3. The number of benzene rings is 2. The molecule has 0 fully saturated rings. The van der Waals surface area contributed by atoms with Gasteiger partial charge < -0.3 is 5.32 Å². The molecule has 0 aliphatic heterocycles. The van der Waals surface area contributed by atoms with Gasteiger partial charge in [0.05, 0.1) is 11.4 Å². The van der Waals surface area contributed by atoms with Gasteiger partial charge >= 0.3 is 0 Å². The van der Waals surface area contributed by atoms with Crippen molar-refractivity contribution >= 4 is 11.6 Å². The summed E-state index contributed by atoms with van der Waals surface area (Å²) in [7, 11) is 0. The van der Waals surface area contributed by atoms with E-state index in [1.165, 1.54) is 16.7 Å². The van der Waals surface area contributed by atoms with Crippen LogP contribution in [-0.4, -0.2) is 21.1 Å². The molecule has 0 radical (unpaired) electrons. The van der Waals surface area contributed by atoms with Gasteiger partial charge in [0.1, 0.15) is 0 Å². The van der Waals surface area contributed by atoms with E-state index in [9.17, 15) is 4.79 Å². The number of amides is 1. The second kappa shape index (κ2) is 6.21. The Hall–Kier alpha value is -3.73. The zero-order valence-electron chi connectivity index (χ0n) is 14.4. The van der Waals surface area contributed by atoms with Crippen LogP contribution < -0.4 is 5.32 Å². The molecule has 1 amide bonds. The van der Waals surface area contributed by atoms with Gasteiger partial charge in [-0.15, -0.1) is 0 Å². The lowest BCUT2D eigenvalue weighted by Gasteiger charge is -2.06. The number of carbonyl (C=O) groups excluding carboxylic acids is 1. The minimum absolute atomic E-state index is 0.146. The molecule has 2 aromatic carbocycles. The van der Waals surface area contributed by atoms with E-state index >= 15 is 0 Å². The Bertz CT molecular complexity index is 1130. The van der Waals surface area contributed by atoms with Crippen LogP contribution in [0.15, 0.2) is 73.1 Å². The summed E-state index contributed by atoms with van der Waals surface area (Å²) in [5.41, 5.74) is 8.12. The third-order valence-electron chi connectivity index (χ3n) is 4.88. The third kappa shape index (κ3) is 2.69. The number of anilines is 1. The van der Waals surface area contributed by atoms with Crippen LogP contribution in [0.1, 0.15) is 21.5 Å². The first-order valence-corrected chi connectivity index (χ1v) is 8.77. The van der Waals surface area contributed by atoms with Crippen molar-refractivity contribution in [1.82, 2.24) is 15.2 Å². The molecule has 27 heavy (non-hydrogen) atoms. The lowest BCUT2D eigenvalue weighted by atomic mass is 10.0. The molecule has 130 valence electrons. The van der Waals surface area contributed by atoms with Crippen LogP contribution in [0.4, 0.5) is 5.69 Å². The van der Waals surface area contributed by atoms with Crippen molar-refractivity contribution in [3.05, 3.63) is 89.7 Å². The second-order valence-corrected chi connectivity index (χ2v) is 6.53. The summed E-state index contributed by atoms with van der Waals surface area (Å²) in [5, 5.41) is 10.6. The van der Waals surface area contributed by atoms with Crippen molar-refractivity contribution in [2.75, 3.05) is 5.32 Å². The van der Waals surface area contributed by atoms with E-state index in [0.29, 0.717) is 5.56 Å². The monoisotopic (exact) mass is 352 g/mol. The van der Waals surface area contributed by atoms with Gasteiger partial charge in [0, 0.05) is 46.8 Å². The number of aromatic amines is 1. The number of H-pyrrole nitrogens is 1. The molecule has 0 spiro atoms. The van der Waals surface area contributed by atoms with E-state index in [0.717, 1.165) is 29.1 Å². The first kappa shape index (κ1) is 15.5. The zero-order valence-corrected chi connectivity index (χ0v) is 14.4. The molecule has 1 aliphatic rings. The second-order valence-electron chi connectivity index (χ2n) is 6.53. The largest absolute Gasteiger partial charge is 0.322 e. The number of nitrogens with one attached hydrogen (secondary N) is 2. The average Bonchev–Trinajstić information content (AvgIpc) is 3.28. The van der Waals surface area contributed by atoms with Gasteiger partial charge in [-0.2, -0.15) is 5.10 Å². The standard InChI is InChI=1S/C22H16N4O/c27-22(24-17-9-11-23-12-10-17)15-7-5-14(6-8-15)20-19-13-16-3-1-2-4-18(16)21(19)26-25-20/h1-12H,13H2,(H,25,26)(H,23,24,27). The molecule has 0 saturated carbocycles. The number of hydrogen-bond donors (Lipinski definition) is 2. The Balaban J connectivity index is 1.41. The fourth-order valence-corrected chi connectivity index (χ4v) is 3.53. The molecule has 2 N–H and O–H groups in total. The van der Waals surface area contributed by atoms with Crippen LogP contribution in [0, 0.1) is 0 Å². The van der Waals surface area contributed by atoms with E-state index in [2.05, 4.69) is 38.7 Å². The van der Waals surface area contributed by atoms with Gasteiger partial charge in [0.25, 0.3) is 5.91 Å². The van der Waals surface area contributed by atoms with Crippen molar-refractivity contribution in [3.8, 4) is 22.5 Å². The lowest BCUT2D eigenvalue weighted by Crippen LogP contribution is -2.11. The Morgan fingerprint density at radius 3 is 2.56 bits per heavy atom. The molecule has 0 bridgehead atoms. The van der Waals surface area contributed by atoms with Crippen LogP contribution in [0.3, 0.4) is 0 Å². The van der Waals surface area contributed by atoms with Gasteiger partial charge in [0.2, 0.25) is 0 Å². The SMILES string of the molecule is O=C(Nc1ccncc1)c1ccc(-c2n[nH]c3c2Cc2ccccc2-3)cc1. The maximum atomic E-state index is 12.4. The van der Waals surface area contributed by atoms with Crippen molar-refractivity contribution in [1.29, 1.82) is 0 Å². The summed E-state index contributed by atoms with van der Waals surface area (Å²) in [5.74, 6) is -0.146. The van der Waals surface area contributed by atoms with Crippen LogP contribution >= 0.6 is 0 Å². The fraction of sp³-hybridized carbons (Fsp3) is 0.0455. The van der Waals surface area contributed by atoms with Crippen molar-refractivity contribution in [2.45, 2.75) is 6.42 Å². The highest BCUT2D eigenvalue weighted by Gasteiger charge is 2.24. The van der Waals surface area contributed by atoms with Gasteiger partial charge in [0.15, 0.2) is 0 Å². The molecular weight excluding hydrogens is 336 g/mol. The minimum Gasteiger partial charge on any atom is -0.322 e. The molecule has 0 unspecified atom stereocenters. The number of pyridine rings is 1. The molecule has 5 nitrogen and oxygen atoms in total. The molecule has 0 saturated heterocycles. The maximum absolute atomic E-state index is 12.4. The quantitative estimate of drug-likeness (QED) is 0.509. The first-order valence-electron chi connectivity index (χ1n) is 8.77. The van der Waals surface area contributed by atoms with Gasteiger partial charge in [-0.25, -0.2) is 0 Å². The number of carbonyl (C=O) groups is 1. The lowest BCUT2D eigenvalue weighted by molar-refractivity contribution is 0.102. The Morgan fingerprint density at radius 1 is 0.963 bits per heavy atom. The predicted octanol–water partition coefficient (Wildman–Crippen LogP) is 4.30. The van der Waals surface area contributed by atoms with Gasteiger partial charge in [-0.1, -0.05) is 36.4 Å². The van der Waals surface area contributed by atoms with E-state index < -0.39 is 0 Å². The van der Waals surface area contributed by atoms with Crippen molar-refractivity contribution in [2.24, 2.45) is 0 Å². The highest BCUT2D eigenvalue weighted by Crippen LogP contribution is 2.39. The smallest absolute Gasteiger partial charge is 0.255 e. The van der Waals surface area contributed by atoms with Crippen LogP contribution in [0.25, 0.3) is 22.5 Å². The van der Waals surface area contributed by atoms with Crippen molar-refractivity contribution < 1.29 is 4.79 Å². The zero-order chi connectivity index (χ0) is 18.2. The predicted molar refractivity (Wildman–Crippen MR) is 104 cm³/mol. The Morgan fingerprint density at radius 2 is 1.74 bits per heavy atom. The highest BCUT2D eigenvalue weighted by atomic mass is 16.1. The van der Waals surface area contributed by atoms with E-state index in [4.69, 9.17) is 0 Å². The molecule has 0 atom stereocenters. The van der Waals surface area contributed by atoms with E-state index in [-0.39, 0.29) is 5.91 Å². The fourth-order valence-electron chi connectivity index (χ4n) is 3.53. The van der Waals surface area contributed by atoms with Crippen LogP contribution in [0.2, 0.25) is 0 Å². The summed E-state index contributed by atoms with van der Waals surface area (Å²) in [6.07, 6.45) is 4.17. The molecule has 1 aliphatic carbocycles. The topological polar surface area (TPSA) is 70.7 Å². The summed E-state index contributed by atoms with van der Waals surface area (Å²) >= 11 is 0. The minimum atomic E-state index is -0.146. The maximum Gasteiger partial charge on any atom is 0.255 e. The highest BCUT2D eigenvalue weighted by molar-refractivity contribution is 6.04. The van der Waals surface area contributed by atoms with Crippen LogP contribution in [0.5, 0.6) is 0 Å². The molecular formula is C22H16N4O. The number of aromatic nitrogens is 3. The number of nitrogens with zero attached hydrogens (tertiary/aromatic N) is 2. The van der Waals surface area contributed by atoms with Crippen LogP contribution in [-0.2, 0) is 6.42 Å². The summed E-state index contributed by atoms with van der Waals surface area (Å²) < 4.78 is 0. The summed E-state index contributed by atoms with van der Waals surface area (Å²) in [4.78, 5) is 16.3. The normalized spacial score (nSPS) is 11.7. The van der Waals surface area contributed by atoms with Crippen molar-refractivity contribution in [3.63, 3.8) is 0 Å². The number of hydrogen-bond acceptors (Lipinski definition) is 3. The molecule has 5 heteroatoms. The third-order valence-corrected chi connectivity index (χ3v) is 4.88. The Kier molecular flexibility index (Phi) is 3.57. The summed E-state index contributed by atoms with van der Waals surface area (Å²) in [6, 6.07) is 19.5. The molecule has 5 rings (SSSR count).